The highest BCUT2D eigenvalue weighted by molar-refractivity contribution is 5.61. The molecule has 1 aliphatic heterocycles. The van der Waals surface area contributed by atoms with Crippen molar-refractivity contribution in [2.24, 2.45) is 0 Å². The number of fused-ring (bicyclic) bond motifs is 1. The maximum atomic E-state index is 9.16. The van der Waals surface area contributed by atoms with Crippen molar-refractivity contribution in [3.63, 3.8) is 0 Å². The third-order valence-corrected chi connectivity index (χ3v) is 3.29. The summed E-state index contributed by atoms with van der Waals surface area (Å²) < 4.78 is 16.0. The molecule has 21 heavy (non-hydrogen) atoms. The Labute approximate surface area is 122 Å². The number of nitriles is 1. The molecule has 3 rings (SSSR count). The molecule has 5 heteroatoms. The summed E-state index contributed by atoms with van der Waals surface area (Å²) in [6, 6.07) is 13.2. The maximum Gasteiger partial charge on any atom is 0.231 e. The van der Waals surface area contributed by atoms with Crippen molar-refractivity contribution < 1.29 is 14.2 Å². The summed E-state index contributed by atoms with van der Waals surface area (Å²) in [4.78, 5) is 0. The summed E-state index contributed by atoms with van der Waals surface area (Å²) >= 11 is 0. The van der Waals surface area contributed by atoms with Crippen LogP contribution in [0.2, 0.25) is 0 Å². The predicted molar refractivity (Wildman–Crippen MR) is 77.6 cm³/mol. The molecule has 5 nitrogen and oxygen atoms in total. The molecular formula is C16H14N2O3. The van der Waals surface area contributed by atoms with Crippen molar-refractivity contribution in [2.75, 3.05) is 19.2 Å². The van der Waals surface area contributed by atoms with Gasteiger partial charge in [0.15, 0.2) is 11.5 Å². The molecule has 0 atom stereocenters. The van der Waals surface area contributed by atoms with Gasteiger partial charge in [-0.05, 0) is 18.2 Å². The standard InChI is InChI=1S/C16H14N2O3/c1-19-13-6-5-11(8-17)14(7-13)18-9-12-3-2-4-15-16(12)21-10-20-15/h2-7,18H,9-10H2,1H3. The first kappa shape index (κ1) is 13.1. The van der Waals surface area contributed by atoms with Crippen LogP contribution in [0.4, 0.5) is 5.69 Å². The van der Waals surface area contributed by atoms with Crippen LogP contribution in [-0.2, 0) is 6.54 Å². The van der Waals surface area contributed by atoms with Gasteiger partial charge in [-0.1, -0.05) is 12.1 Å². The number of nitrogens with zero attached hydrogens (tertiary/aromatic N) is 1. The second kappa shape index (κ2) is 5.63. The van der Waals surface area contributed by atoms with E-state index in [0.717, 1.165) is 22.7 Å². The van der Waals surface area contributed by atoms with Gasteiger partial charge in [0, 0.05) is 18.2 Å². The van der Waals surface area contributed by atoms with Crippen LogP contribution >= 0.6 is 0 Å². The SMILES string of the molecule is COc1ccc(C#N)c(NCc2cccc3c2OCO3)c1. The summed E-state index contributed by atoms with van der Waals surface area (Å²) in [7, 11) is 1.60. The van der Waals surface area contributed by atoms with Gasteiger partial charge in [-0.25, -0.2) is 0 Å². The number of anilines is 1. The number of hydrogen-bond acceptors (Lipinski definition) is 5. The highest BCUT2D eigenvalue weighted by atomic mass is 16.7. The van der Waals surface area contributed by atoms with Crippen molar-refractivity contribution in [3.8, 4) is 23.3 Å². The number of para-hydroxylation sites is 1. The number of benzene rings is 2. The molecule has 1 N–H and O–H groups in total. The van der Waals surface area contributed by atoms with E-state index in [-0.39, 0.29) is 6.79 Å². The van der Waals surface area contributed by atoms with Gasteiger partial charge in [0.05, 0.1) is 18.4 Å². The minimum absolute atomic E-state index is 0.245. The van der Waals surface area contributed by atoms with Gasteiger partial charge in [0.1, 0.15) is 11.8 Å². The fourth-order valence-electron chi connectivity index (χ4n) is 2.21. The summed E-state index contributed by atoms with van der Waals surface area (Å²) in [6.45, 7) is 0.781. The molecule has 0 radical (unpaired) electrons. The van der Waals surface area contributed by atoms with Crippen molar-refractivity contribution in [2.45, 2.75) is 6.54 Å². The molecule has 2 aromatic rings. The van der Waals surface area contributed by atoms with Crippen LogP contribution in [0.15, 0.2) is 36.4 Å². The molecule has 0 saturated carbocycles. The molecule has 0 spiro atoms. The first-order chi connectivity index (χ1) is 10.3. The van der Waals surface area contributed by atoms with Gasteiger partial charge in [-0.2, -0.15) is 5.26 Å². The lowest BCUT2D eigenvalue weighted by Crippen LogP contribution is -2.03. The summed E-state index contributed by atoms with van der Waals surface area (Å²) in [6.07, 6.45) is 0. The Kier molecular flexibility index (Phi) is 3.52. The maximum absolute atomic E-state index is 9.16. The van der Waals surface area contributed by atoms with E-state index in [0.29, 0.717) is 17.9 Å². The Morgan fingerprint density at radius 1 is 1.29 bits per heavy atom. The average molecular weight is 282 g/mol. The molecule has 0 saturated heterocycles. The fourth-order valence-corrected chi connectivity index (χ4v) is 2.21. The van der Waals surface area contributed by atoms with E-state index in [2.05, 4.69) is 11.4 Å². The number of methoxy groups -OCH3 is 1. The Bertz CT molecular complexity index is 707. The third kappa shape index (κ3) is 2.56. The molecule has 0 aliphatic carbocycles. The largest absolute Gasteiger partial charge is 0.497 e. The first-order valence-electron chi connectivity index (χ1n) is 6.51. The lowest BCUT2D eigenvalue weighted by Gasteiger charge is -2.11. The van der Waals surface area contributed by atoms with Crippen LogP contribution in [0.25, 0.3) is 0 Å². The molecule has 0 aromatic heterocycles. The highest BCUT2D eigenvalue weighted by Crippen LogP contribution is 2.35. The molecule has 1 aliphatic rings. The van der Waals surface area contributed by atoms with Crippen LogP contribution in [-0.4, -0.2) is 13.9 Å². The zero-order chi connectivity index (χ0) is 14.7. The van der Waals surface area contributed by atoms with Crippen LogP contribution in [0.5, 0.6) is 17.2 Å². The van der Waals surface area contributed by atoms with Gasteiger partial charge in [-0.15, -0.1) is 0 Å². The van der Waals surface area contributed by atoms with Gasteiger partial charge in [-0.3, -0.25) is 0 Å². The van der Waals surface area contributed by atoms with E-state index in [9.17, 15) is 0 Å². The normalized spacial score (nSPS) is 11.8. The number of ether oxygens (including phenoxy) is 3. The summed E-state index contributed by atoms with van der Waals surface area (Å²) in [5, 5.41) is 12.4. The molecule has 0 bridgehead atoms. The summed E-state index contributed by atoms with van der Waals surface area (Å²) in [5.74, 6) is 2.21. The van der Waals surface area contributed by atoms with E-state index < -0.39 is 0 Å². The molecule has 0 unspecified atom stereocenters. The Morgan fingerprint density at radius 2 is 2.19 bits per heavy atom. The van der Waals surface area contributed by atoms with Crippen LogP contribution in [0, 0.1) is 11.3 Å². The minimum atomic E-state index is 0.245. The van der Waals surface area contributed by atoms with Crippen LogP contribution in [0.3, 0.4) is 0 Å². The average Bonchev–Trinajstić information content (AvgIpc) is 3.01. The van der Waals surface area contributed by atoms with Gasteiger partial charge >= 0.3 is 0 Å². The van der Waals surface area contributed by atoms with E-state index in [4.69, 9.17) is 19.5 Å². The van der Waals surface area contributed by atoms with Crippen molar-refractivity contribution in [1.29, 1.82) is 5.26 Å². The van der Waals surface area contributed by atoms with Gasteiger partial charge in [0.25, 0.3) is 0 Å². The smallest absolute Gasteiger partial charge is 0.231 e. The van der Waals surface area contributed by atoms with Crippen molar-refractivity contribution >= 4 is 5.69 Å². The Morgan fingerprint density at radius 3 is 3.00 bits per heavy atom. The fraction of sp³-hybridized carbons (Fsp3) is 0.188. The number of hydrogen-bond donors (Lipinski definition) is 1. The minimum Gasteiger partial charge on any atom is -0.497 e. The topological polar surface area (TPSA) is 63.5 Å². The van der Waals surface area contributed by atoms with Gasteiger partial charge in [0.2, 0.25) is 6.79 Å². The first-order valence-corrected chi connectivity index (χ1v) is 6.51. The second-order valence-electron chi connectivity index (χ2n) is 4.53. The quantitative estimate of drug-likeness (QED) is 0.934. The monoisotopic (exact) mass is 282 g/mol. The molecule has 0 amide bonds. The van der Waals surface area contributed by atoms with Crippen LogP contribution in [0.1, 0.15) is 11.1 Å². The third-order valence-electron chi connectivity index (χ3n) is 3.29. The van der Waals surface area contributed by atoms with E-state index >= 15 is 0 Å². The number of nitrogens with one attached hydrogen (secondary N) is 1. The molecular weight excluding hydrogens is 268 g/mol. The zero-order valence-corrected chi connectivity index (χ0v) is 11.6. The molecule has 1 heterocycles. The van der Waals surface area contributed by atoms with Crippen molar-refractivity contribution in [1.82, 2.24) is 0 Å². The van der Waals surface area contributed by atoms with E-state index in [1.54, 1.807) is 25.3 Å². The second-order valence-corrected chi connectivity index (χ2v) is 4.53. The van der Waals surface area contributed by atoms with Crippen LogP contribution < -0.4 is 19.5 Å². The molecule has 0 fully saturated rings. The lowest BCUT2D eigenvalue weighted by atomic mass is 10.1. The predicted octanol–water partition coefficient (Wildman–Crippen LogP) is 2.91. The molecule has 106 valence electrons. The highest BCUT2D eigenvalue weighted by Gasteiger charge is 2.17. The summed E-state index contributed by atoms with van der Waals surface area (Å²) in [5.41, 5.74) is 2.28. The Hall–Kier alpha value is -2.87. The van der Waals surface area contributed by atoms with E-state index in [1.807, 2.05) is 18.2 Å². The number of rotatable bonds is 4. The molecule has 2 aromatic carbocycles. The Balaban J connectivity index is 1.82. The van der Waals surface area contributed by atoms with Crippen molar-refractivity contribution in [3.05, 3.63) is 47.5 Å². The van der Waals surface area contributed by atoms with Gasteiger partial charge < -0.3 is 19.5 Å². The van der Waals surface area contributed by atoms with E-state index in [1.165, 1.54) is 0 Å². The zero-order valence-electron chi connectivity index (χ0n) is 11.6. The lowest BCUT2D eigenvalue weighted by molar-refractivity contribution is 0.173.